The van der Waals surface area contributed by atoms with Crippen LogP contribution in [-0.4, -0.2) is 30.0 Å². The van der Waals surface area contributed by atoms with E-state index in [9.17, 15) is 14.0 Å². The predicted molar refractivity (Wildman–Crippen MR) is 80.9 cm³/mol. The Labute approximate surface area is 131 Å². The average molecular weight is 322 g/mol. The van der Waals surface area contributed by atoms with Gasteiger partial charge in [-0.05, 0) is 19.1 Å². The molecule has 0 aliphatic heterocycles. The zero-order chi connectivity index (χ0) is 15.9. The Morgan fingerprint density at radius 3 is 2.86 bits per heavy atom. The summed E-state index contributed by atoms with van der Waals surface area (Å²) in [7, 11) is 0. The van der Waals surface area contributed by atoms with Gasteiger partial charge < -0.3 is 10.1 Å². The highest BCUT2D eigenvalue weighted by molar-refractivity contribution is 7.13. The van der Waals surface area contributed by atoms with Gasteiger partial charge in [0.15, 0.2) is 0 Å². The third-order valence-corrected chi connectivity index (χ3v) is 3.71. The highest BCUT2D eigenvalue weighted by Gasteiger charge is 2.14. The molecule has 0 saturated carbocycles. The molecule has 0 bridgehead atoms. The number of nitrogens with one attached hydrogen (secondary N) is 1. The maximum absolute atomic E-state index is 13.7. The third kappa shape index (κ3) is 4.11. The van der Waals surface area contributed by atoms with Gasteiger partial charge in [-0.25, -0.2) is 14.2 Å². The van der Waals surface area contributed by atoms with Crippen LogP contribution in [0, 0.1) is 5.82 Å². The summed E-state index contributed by atoms with van der Waals surface area (Å²) < 4.78 is 18.2. The largest absolute Gasteiger partial charge is 0.459 e. The molecular formula is C15H15FN2O3S. The summed E-state index contributed by atoms with van der Waals surface area (Å²) in [6, 6.07) is 6.42. The average Bonchev–Trinajstić information content (AvgIpc) is 2.96. The zero-order valence-electron chi connectivity index (χ0n) is 12.0. The highest BCUT2D eigenvalue weighted by Crippen LogP contribution is 2.26. The molecule has 22 heavy (non-hydrogen) atoms. The highest BCUT2D eigenvalue weighted by atomic mass is 32.1. The number of amides is 1. The van der Waals surface area contributed by atoms with Crippen LogP contribution in [0.3, 0.4) is 0 Å². The number of nitrogens with zero attached hydrogens (tertiary/aromatic N) is 1. The first-order valence-corrected chi connectivity index (χ1v) is 7.64. The normalized spacial score (nSPS) is 10.3. The number of rotatable bonds is 5. The summed E-state index contributed by atoms with van der Waals surface area (Å²) in [6.07, 6.45) is 0.454. The minimum absolute atomic E-state index is 0.157. The summed E-state index contributed by atoms with van der Waals surface area (Å²) in [4.78, 5) is 26.8. The lowest BCUT2D eigenvalue weighted by Gasteiger charge is -2.03. The van der Waals surface area contributed by atoms with Gasteiger partial charge in [0.05, 0.1) is 12.3 Å². The molecule has 2 aromatic rings. The molecule has 1 N–H and O–H groups in total. The van der Waals surface area contributed by atoms with Crippen molar-refractivity contribution in [1.29, 1.82) is 0 Å². The molecule has 116 valence electrons. The van der Waals surface area contributed by atoms with Crippen LogP contribution in [0.4, 0.5) is 4.39 Å². The number of hydrogen-bond donors (Lipinski definition) is 1. The van der Waals surface area contributed by atoms with Gasteiger partial charge in [0.1, 0.15) is 10.8 Å². The maximum atomic E-state index is 13.7. The van der Waals surface area contributed by atoms with Crippen molar-refractivity contribution in [3.8, 4) is 10.6 Å². The summed E-state index contributed by atoms with van der Waals surface area (Å²) in [5.74, 6) is -1.99. The maximum Gasteiger partial charge on any atom is 0.396 e. The van der Waals surface area contributed by atoms with Crippen LogP contribution in [0.1, 0.15) is 12.6 Å². The number of halogens is 1. The number of esters is 1. The van der Waals surface area contributed by atoms with Crippen LogP contribution in [0.15, 0.2) is 29.6 Å². The fourth-order valence-electron chi connectivity index (χ4n) is 1.75. The van der Waals surface area contributed by atoms with Crippen molar-refractivity contribution in [2.75, 3.05) is 13.2 Å². The first-order chi connectivity index (χ1) is 10.6. The molecule has 7 heteroatoms. The van der Waals surface area contributed by atoms with Crippen LogP contribution in [-0.2, 0) is 20.7 Å². The molecule has 0 aliphatic rings. The van der Waals surface area contributed by atoms with Crippen LogP contribution in [0.25, 0.3) is 10.6 Å². The van der Waals surface area contributed by atoms with E-state index in [1.54, 1.807) is 30.5 Å². The van der Waals surface area contributed by atoms with E-state index in [0.29, 0.717) is 17.0 Å². The van der Waals surface area contributed by atoms with E-state index in [0.717, 1.165) is 5.69 Å². The van der Waals surface area contributed by atoms with Crippen LogP contribution < -0.4 is 5.32 Å². The van der Waals surface area contributed by atoms with E-state index in [2.05, 4.69) is 15.0 Å². The molecule has 0 spiro atoms. The van der Waals surface area contributed by atoms with Crippen molar-refractivity contribution in [1.82, 2.24) is 10.3 Å². The van der Waals surface area contributed by atoms with Gasteiger partial charge in [0, 0.05) is 23.9 Å². The zero-order valence-corrected chi connectivity index (χ0v) is 12.8. The van der Waals surface area contributed by atoms with Crippen molar-refractivity contribution in [2.24, 2.45) is 0 Å². The summed E-state index contributed by atoms with van der Waals surface area (Å²) in [5, 5.41) is 4.84. The lowest BCUT2D eigenvalue weighted by atomic mass is 10.2. The van der Waals surface area contributed by atoms with Crippen LogP contribution in [0.2, 0.25) is 0 Å². The Morgan fingerprint density at radius 1 is 1.36 bits per heavy atom. The SMILES string of the molecule is CCOC(=O)C(=O)NCCc1csc(-c2ccccc2F)n1. The molecule has 0 radical (unpaired) electrons. The monoisotopic (exact) mass is 322 g/mol. The fourth-order valence-corrected chi connectivity index (χ4v) is 2.63. The van der Waals surface area contributed by atoms with E-state index in [1.165, 1.54) is 17.4 Å². The van der Waals surface area contributed by atoms with Gasteiger partial charge in [-0.2, -0.15) is 0 Å². The predicted octanol–water partition coefficient (Wildman–Crippen LogP) is 2.17. The molecule has 1 aromatic heterocycles. The van der Waals surface area contributed by atoms with Gasteiger partial charge in [-0.3, -0.25) is 4.79 Å². The van der Waals surface area contributed by atoms with Gasteiger partial charge in [0.2, 0.25) is 0 Å². The minimum Gasteiger partial charge on any atom is -0.459 e. The standard InChI is InChI=1S/C15H15FN2O3S/c1-2-21-15(20)13(19)17-8-7-10-9-22-14(18-10)11-5-3-4-6-12(11)16/h3-6,9H,2,7-8H2,1H3,(H,17,19). The second-order valence-corrected chi connectivity index (χ2v) is 5.21. The molecule has 1 amide bonds. The lowest BCUT2D eigenvalue weighted by Crippen LogP contribution is -2.33. The Kier molecular flexibility index (Phi) is 5.60. The summed E-state index contributed by atoms with van der Waals surface area (Å²) >= 11 is 1.33. The topological polar surface area (TPSA) is 68.3 Å². The smallest absolute Gasteiger partial charge is 0.396 e. The molecule has 5 nitrogen and oxygen atoms in total. The van der Waals surface area contributed by atoms with E-state index in [-0.39, 0.29) is 19.0 Å². The van der Waals surface area contributed by atoms with Gasteiger partial charge >= 0.3 is 11.9 Å². The van der Waals surface area contributed by atoms with Gasteiger partial charge in [-0.1, -0.05) is 12.1 Å². The van der Waals surface area contributed by atoms with Crippen molar-refractivity contribution >= 4 is 23.2 Å². The number of ether oxygens (including phenoxy) is 1. The number of hydrogen-bond acceptors (Lipinski definition) is 5. The molecule has 0 atom stereocenters. The molecular weight excluding hydrogens is 307 g/mol. The molecule has 0 unspecified atom stereocenters. The number of carbonyl (C=O) groups is 2. The molecule has 0 saturated heterocycles. The number of carbonyl (C=O) groups excluding carboxylic acids is 2. The number of benzene rings is 1. The molecule has 1 heterocycles. The Hall–Kier alpha value is -2.28. The Balaban J connectivity index is 1.89. The van der Waals surface area contributed by atoms with Crippen molar-refractivity contribution < 1.29 is 18.7 Å². The minimum atomic E-state index is -0.896. The number of thiazole rings is 1. The van der Waals surface area contributed by atoms with E-state index in [1.807, 2.05) is 0 Å². The second-order valence-electron chi connectivity index (χ2n) is 4.35. The molecule has 2 rings (SSSR count). The Bertz CT molecular complexity index is 672. The lowest BCUT2D eigenvalue weighted by molar-refractivity contribution is -0.154. The third-order valence-electron chi connectivity index (χ3n) is 2.78. The first kappa shape index (κ1) is 16.1. The number of aromatic nitrogens is 1. The Morgan fingerprint density at radius 2 is 2.14 bits per heavy atom. The van der Waals surface area contributed by atoms with Crippen LogP contribution in [0.5, 0.6) is 0 Å². The molecule has 0 fully saturated rings. The van der Waals surface area contributed by atoms with Crippen molar-refractivity contribution in [2.45, 2.75) is 13.3 Å². The first-order valence-electron chi connectivity index (χ1n) is 6.76. The molecule has 1 aromatic carbocycles. The van der Waals surface area contributed by atoms with Gasteiger partial charge in [-0.15, -0.1) is 11.3 Å². The van der Waals surface area contributed by atoms with E-state index in [4.69, 9.17) is 0 Å². The van der Waals surface area contributed by atoms with Crippen molar-refractivity contribution in [3.63, 3.8) is 0 Å². The second kappa shape index (κ2) is 7.65. The van der Waals surface area contributed by atoms with E-state index < -0.39 is 11.9 Å². The fraction of sp³-hybridized carbons (Fsp3) is 0.267. The van der Waals surface area contributed by atoms with Crippen LogP contribution >= 0.6 is 11.3 Å². The molecule has 0 aliphatic carbocycles. The quantitative estimate of drug-likeness (QED) is 0.677. The summed E-state index contributed by atoms with van der Waals surface area (Å²) in [5.41, 5.74) is 1.18. The van der Waals surface area contributed by atoms with Crippen molar-refractivity contribution in [3.05, 3.63) is 41.2 Å². The van der Waals surface area contributed by atoms with Gasteiger partial charge in [0.25, 0.3) is 0 Å². The summed E-state index contributed by atoms with van der Waals surface area (Å²) in [6.45, 7) is 2.05. The van der Waals surface area contributed by atoms with E-state index >= 15 is 0 Å².